The normalized spacial score (nSPS) is 18.5. The van der Waals surface area contributed by atoms with Gasteiger partial charge in [-0.2, -0.15) is 0 Å². The van der Waals surface area contributed by atoms with Crippen LogP contribution in [-0.4, -0.2) is 33.4 Å². The average Bonchev–Trinajstić information content (AvgIpc) is 2.16. The third kappa shape index (κ3) is 4.14. The van der Waals surface area contributed by atoms with E-state index in [9.17, 15) is 14.8 Å². The molecule has 78 valence electrons. The van der Waals surface area contributed by atoms with Gasteiger partial charge in [-0.1, -0.05) is 24.3 Å². The van der Waals surface area contributed by atoms with Gasteiger partial charge in [0.25, 0.3) is 5.34 Å². The van der Waals surface area contributed by atoms with Crippen molar-refractivity contribution in [3.8, 4) is 0 Å². The fourth-order valence-electron chi connectivity index (χ4n) is 1.08. The van der Waals surface area contributed by atoms with E-state index < -0.39 is 26.5 Å². The topological polar surface area (TPSA) is 77.8 Å². The minimum Gasteiger partial charge on any atom is -0.393 e. The van der Waals surface area contributed by atoms with Gasteiger partial charge in [0.05, 0.1) is 6.61 Å². The van der Waals surface area contributed by atoms with Crippen molar-refractivity contribution in [1.29, 1.82) is 0 Å². The van der Waals surface area contributed by atoms with Gasteiger partial charge in [-0.05, 0) is 6.42 Å². The number of aliphatic hydroxyl groups excluding tert-OH is 2. The Hall–Kier alpha value is -0.0200. The molecule has 3 unspecified atom stereocenters. The van der Waals surface area contributed by atoms with Crippen molar-refractivity contribution in [1.82, 2.24) is 0 Å². The Kier molecular flexibility index (Phi) is 6.43. The maximum atomic E-state index is 10.7. The summed E-state index contributed by atoms with van der Waals surface area (Å²) in [6.45, 7) is 1.46. The smallest absolute Gasteiger partial charge is 0.362 e. The van der Waals surface area contributed by atoms with Gasteiger partial charge in [-0.25, -0.2) is 0 Å². The van der Waals surface area contributed by atoms with Crippen molar-refractivity contribution in [3.05, 3.63) is 0 Å². The molecular formula is C8H18O4P+. The summed E-state index contributed by atoms with van der Waals surface area (Å²) in [7, 11) is -1.00. The first-order valence-electron chi connectivity index (χ1n) is 4.51. The van der Waals surface area contributed by atoms with E-state index in [-0.39, 0.29) is 6.42 Å². The lowest BCUT2D eigenvalue weighted by Gasteiger charge is -2.18. The van der Waals surface area contributed by atoms with Crippen LogP contribution in [0.15, 0.2) is 0 Å². The molecule has 0 saturated carbocycles. The van der Waals surface area contributed by atoms with Crippen molar-refractivity contribution in [2.75, 3.05) is 6.61 Å². The van der Waals surface area contributed by atoms with E-state index >= 15 is 0 Å². The van der Waals surface area contributed by atoms with E-state index in [0.29, 0.717) is 6.42 Å². The molecule has 0 rings (SSSR count). The summed E-state index contributed by atoms with van der Waals surface area (Å²) < 4.78 is 10.7. The molecule has 0 spiro atoms. The molecular weight excluding hydrogens is 191 g/mol. The van der Waals surface area contributed by atoms with Crippen molar-refractivity contribution in [3.63, 3.8) is 0 Å². The lowest BCUT2D eigenvalue weighted by Crippen LogP contribution is -2.39. The number of hydrogen-bond acceptors (Lipinski definition) is 4. The highest BCUT2D eigenvalue weighted by Gasteiger charge is 2.43. The Labute approximate surface area is 79.8 Å². The molecule has 0 fully saturated rings. The van der Waals surface area contributed by atoms with Crippen molar-refractivity contribution >= 4 is 8.46 Å². The van der Waals surface area contributed by atoms with E-state index in [2.05, 4.69) is 0 Å². The van der Waals surface area contributed by atoms with Crippen LogP contribution in [0, 0.1) is 0 Å². The van der Waals surface area contributed by atoms with Crippen LogP contribution in [0.5, 0.6) is 0 Å². The molecule has 0 aliphatic rings. The number of rotatable bonds is 7. The highest BCUT2D eigenvalue weighted by Crippen LogP contribution is 2.30. The molecule has 5 heteroatoms. The highest BCUT2D eigenvalue weighted by atomic mass is 31.1. The van der Waals surface area contributed by atoms with Crippen molar-refractivity contribution in [2.24, 2.45) is 0 Å². The molecule has 3 atom stereocenters. The van der Waals surface area contributed by atoms with Gasteiger partial charge in [0, 0.05) is 6.42 Å². The highest BCUT2D eigenvalue weighted by molar-refractivity contribution is 7.25. The van der Waals surface area contributed by atoms with Gasteiger partial charge in [-0.3, -0.25) is 0 Å². The van der Waals surface area contributed by atoms with Crippen molar-refractivity contribution < 1.29 is 19.9 Å². The maximum Gasteiger partial charge on any atom is 0.362 e. The van der Waals surface area contributed by atoms with Crippen LogP contribution >= 0.6 is 8.46 Å². The lowest BCUT2D eigenvalue weighted by molar-refractivity contribution is -0.0444. The van der Waals surface area contributed by atoms with E-state index in [1.807, 2.05) is 6.92 Å². The SMILES string of the molecule is CCCCCC(O)([PH+]=O)C(O)CO. The second-order valence-corrected chi connectivity index (χ2v) is 4.25. The third-order valence-corrected chi connectivity index (χ3v) is 3.00. The van der Waals surface area contributed by atoms with Crippen LogP contribution in [0.3, 0.4) is 0 Å². The Morgan fingerprint density at radius 1 is 1.46 bits per heavy atom. The van der Waals surface area contributed by atoms with Crippen molar-refractivity contribution in [2.45, 2.75) is 44.1 Å². The molecule has 13 heavy (non-hydrogen) atoms. The van der Waals surface area contributed by atoms with Gasteiger partial charge < -0.3 is 15.3 Å². The summed E-state index contributed by atoms with van der Waals surface area (Å²) in [5, 5.41) is 25.8. The predicted octanol–water partition coefficient (Wildman–Crippen LogP) is 0.632. The number of unbranched alkanes of at least 4 members (excludes halogenated alkanes) is 2. The van der Waals surface area contributed by atoms with Crippen LogP contribution in [0.4, 0.5) is 0 Å². The largest absolute Gasteiger partial charge is 0.393 e. The van der Waals surface area contributed by atoms with Crippen LogP contribution in [0.25, 0.3) is 0 Å². The van der Waals surface area contributed by atoms with E-state index in [4.69, 9.17) is 5.11 Å². The van der Waals surface area contributed by atoms with E-state index in [1.165, 1.54) is 0 Å². The molecule has 0 saturated heterocycles. The van der Waals surface area contributed by atoms with Crippen LogP contribution in [-0.2, 0) is 4.57 Å². The van der Waals surface area contributed by atoms with Crippen LogP contribution in [0.2, 0.25) is 0 Å². The first-order valence-corrected chi connectivity index (χ1v) is 5.42. The molecule has 0 aromatic heterocycles. The summed E-state index contributed by atoms with van der Waals surface area (Å²) in [5.74, 6) is 0. The molecule has 0 heterocycles. The Balaban J connectivity index is 4.03. The summed E-state index contributed by atoms with van der Waals surface area (Å²) >= 11 is 0. The molecule has 0 aromatic rings. The zero-order valence-electron chi connectivity index (χ0n) is 7.86. The lowest BCUT2D eigenvalue weighted by atomic mass is 10.1. The Morgan fingerprint density at radius 3 is 2.46 bits per heavy atom. The Bertz CT molecular complexity index is 153. The summed E-state index contributed by atoms with van der Waals surface area (Å²) in [6, 6.07) is 0. The van der Waals surface area contributed by atoms with Gasteiger partial charge in [-0.15, -0.1) is 0 Å². The molecule has 0 radical (unpaired) electrons. The van der Waals surface area contributed by atoms with Gasteiger partial charge in [0.2, 0.25) is 0 Å². The number of hydrogen-bond donors (Lipinski definition) is 3. The fraction of sp³-hybridized carbons (Fsp3) is 1.00. The second-order valence-electron chi connectivity index (χ2n) is 3.18. The maximum absolute atomic E-state index is 10.7. The monoisotopic (exact) mass is 209 g/mol. The Morgan fingerprint density at radius 2 is 2.08 bits per heavy atom. The summed E-state index contributed by atoms with van der Waals surface area (Å²) in [6.07, 6.45) is 1.59. The first-order chi connectivity index (χ1) is 6.10. The molecule has 0 aliphatic carbocycles. The predicted molar refractivity (Wildman–Crippen MR) is 51.2 cm³/mol. The number of aliphatic hydroxyl groups is 3. The minimum absolute atomic E-state index is 0.268. The quantitative estimate of drug-likeness (QED) is 0.424. The standard InChI is InChI=1S/C8H17O4P/c1-2-3-4-5-8(11,13-12)7(10)6-9/h7,9-11H,2-6H2,1H3/p+1. The van der Waals surface area contributed by atoms with E-state index in [1.54, 1.807) is 0 Å². The minimum atomic E-state index is -1.62. The van der Waals surface area contributed by atoms with Gasteiger partial charge >= 0.3 is 8.46 Å². The molecule has 0 aromatic carbocycles. The average molecular weight is 209 g/mol. The van der Waals surface area contributed by atoms with E-state index in [0.717, 1.165) is 12.8 Å². The zero-order chi connectivity index (χ0) is 10.3. The van der Waals surface area contributed by atoms with Gasteiger partial charge in [0.1, 0.15) is 0 Å². The van der Waals surface area contributed by atoms with Crippen LogP contribution < -0.4 is 0 Å². The van der Waals surface area contributed by atoms with Gasteiger partial charge in [0.15, 0.2) is 6.10 Å². The van der Waals surface area contributed by atoms with Crippen LogP contribution in [0.1, 0.15) is 32.6 Å². The molecule has 4 nitrogen and oxygen atoms in total. The summed E-state index contributed by atoms with van der Waals surface area (Å²) in [5.41, 5.74) is 0. The second kappa shape index (κ2) is 6.44. The zero-order valence-corrected chi connectivity index (χ0v) is 8.86. The molecule has 0 amide bonds. The fourth-order valence-corrected chi connectivity index (χ4v) is 1.59. The molecule has 0 bridgehead atoms. The molecule has 0 aliphatic heterocycles. The summed E-state index contributed by atoms with van der Waals surface area (Å²) in [4.78, 5) is 0. The third-order valence-electron chi connectivity index (χ3n) is 2.06. The molecule has 3 N–H and O–H groups in total. The first kappa shape index (κ1) is 13.0.